The molecule has 0 bridgehead atoms. The quantitative estimate of drug-likeness (QED) is 0.873. The summed E-state index contributed by atoms with van der Waals surface area (Å²) in [6.45, 7) is 0.795. The van der Waals surface area contributed by atoms with Gasteiger partial charge in [-0.2, -0.15) is 13.2 Å². The molecule has 0 aromatic heterocycles. The van der Waals surface area contributed by atoms with Crippen molar-refractivity contribution in [3.05, 3.63) is 29.6 Å². The molecule has 3 nitrogen and oxygen atoms in total. The number of methoxy groups -OCH3 is 1. The summed E-state index contributed by atoms with van der Waals surface area (Å²) >= 11 is 0. The molecule has 0 amide bonds. The maximum absolute atomic E-state index is 14.0. The Balaban J connectivity index is 2.25. The molecule has 2 unspecified atom stereocenters. The van der Waals surface area contributed by atoms with Gasteiger partial charge in [0.25, 0.3) is 0 Å². The number of nitrogens with zero attached hydrogens (tertiary/aromatic N) is 1. The Morgan fingerprint density at radius 1 is 1.38 bits per heavy atom. The van der Waals surface area contributed by atoms with Gasteiger partial charge in [0.1, 0.15) is 5.82 Å². The molecule has 7 heteroatoms. The highest BCUT2D eigenvalue weighted by molar-refractivity contribution is 5.51. The highest BCUT2D eigenvalue weighted by Gasteiger charge is 2.33. The van der Waals surface area contributed by atoms with E-state index in [4.69, 9.17) is 10.5 Å². The van der Waals surface area contributed by atoms with E-state index in [-0.39, 0.29) is 17.8 Å². The normalized spacial score (nSPS) is 23.4. The molecule has 1 heterocycles. The second-order valence-electron chi connectivity index (χ2n) is 5.13. The largest absolute Gasteiger partial charge is 0.416 e. The van der Waals surface area contributed by atoms with Crippen LogP contribution in [0, 0.1) is 5.82 Å². The highest BCUT2D eigenvalue weighted by Crippen LogP contribution is 2.34. The summed E-state index contributed by atoms with van der Waals surface area (Å²) in [5, 5.41) is 0. The van der Waals surface area contributed by atoms with Gasteiger partial charge in [-0.1, -0.05) is 0 Å². The van der Waals surface area contributed by atoms with Crippen molar-refractivity contribution in [1.29, 1.82) is 0 Å². The van der Waals surface area contributed by atoms with Crippen LogP contribution in [0.5, 0.6) is 0 Å². The lowest BCUT2D eigenvalue weighted by Crippen LogP contribution is -2.49. The number of ether oxygens (including phenoxy) is 1. The Bertz CT molecular complexity index is 492. The van der Waals surface area contributed by atoms with Crippen LogP contribution in [0.25, 0.3) is 0 Å². The SMILES string of the molecule is COC1CCN(c2ccc(C(F)(F)F)cc2F)C(CN)C1. The zero-order valence-electron chi connectivity index (χ0n) is 11.7. The summed E-state index contributed by atoms with van der Waals surface area (Å²) in [4.78, 5) is 1.73. The van der Waals surface area contributed by atoms with Crippen LogP contribution in [-0.4, -0.2) is 32.3 Å². The fourth-order valence-electron chi connectivity index (χ4n) is 2.69. The number of piperidine rings is 1. The maximum Gasteiger partial charge on any atom is 0.416 e. The Hall–Kier alpha value is -1.34. The van der Waals surface area contributed by atoms with Crippen molar-refractivity contribution in [2.24, 2.45) is 5.73 Å². The van der Waals surface area contributed by atoms with Crippen molar-refractivity contribution in [2.75, 3.05) is 25.1 Å². The lowest BCUT2D eigenvalue weighted by molar-refractivity contribution is -0.137. The number of anilines is 1. The van der Waals surface area contributed by atoms with Gasteiger partial charge in [-0.3, -0.25) is 0 Å². The van der Waals surface area contributed by atoms with Crippen LogP contribution in [0.4, 0.5) is 23.2 Å². The van der Waals surface area contributed by atoms with E-state index in [0.29, 0.717) is 32.0 Å². The fraction of sp³-hybridized carbons (Fsp3) is 0.571. The third-order valence-electron chi connectivity index (χ3n) is 3.86. The van der Waals surface area contributed by atoms with Gasteiger partial charge < -0.3 is 15.4 Å². The van der Waals surface area contributed by atoms with E-state index in [1.807, 2.05) is 0 Å². The number of rotatable bonds is 3. The molecule has 0 saturated carbocycles. The molecule has 2 atom stereocenters. The van der Waals surface area contributed by atoms with Crippen molar-refractivity contribution in [1.82, 2.24) is 0 Å². The average Bonchev–Trinajstić information content (AvgIpc) is 2.45. The molecule has 0 aliphatic carbocycles. The molecule has 1 fully saturated rings. The summed E-state index contributed by atoms with van der Waals surface area (Å²) in [7, 11) is 1.60. The highest BCUT2D eigenvalue weighted by atomic mass is 19.4. The summed E-state index contributed by atoms with van der Waals surface area (Å²) in [5.41, 5.74) is 4.87. The van der Waals surface area contributed by atoms with Crippen LogP contribution >= 0.6 is 0 Å². The van der Waals surface area contributed by atoms with Crippen molar-refractivity contribution >= 4 is 5.69 Å². The first-order valence-electron chi connectivity index (χ1n) is 6.73. The number of nitrogens with two attached hydrogens (primary N) is 1. The van der Waals surface area contributed by atoms with E-state index in [9.17, 15) is 17.6 Å². The predicted octanol–water partition coefficient (Wildman–Crippen LogP) is 2.79. The topological polar surface area (TPSA) is 38.5 Å². The Kier molecular flexibility index (Phi) is 4.73. The smallest absolute Gasteiger partial charge is 0.381 e. The monoisotopic (exact) mass is 306 g/mol. The molecule has 2 rings (SSSR count). The van der Waals surface area contributed by atoms with Crippen LogP contribution in [0.2, 0.25) is 0 Å². The van der Waals surface area contributed by atoms with Crippen molar-refractivity contribution in [3.8, 4) is 0 Å². The van der Waals surface area contributed by atoms with Gasteiger partial charge in [-0.15, -0.1) is 0 Å². The molecule has 1 aromatic rings. The van der Waals surface area contributed by atoms with E-state index in [1.165, 1.54) is 6.07 Å². The van der Waals surface area contributed by atoms with Gasteiger partial charge in [-0.25, -0.2) is 4.39 Å². The first kappa shape index (κ1) is 16.0. The molecule has 0 spiro atoms. The van der Waals surface area contributed by atoms with E-state index < -0.39 is 17.6 Å². The van der Waals surface area contributed by atoms with Crippen molar-refractivity contribution in [2.45, 2.75) is 31.2 Å². The Labute approximate surface area is 120 Å². The number of hydrogen-bond acceptors (Lipinski definition) is 3. The minimum atomic E-state index is -4.55. The zero-order valence-corrected chi connectivity index (χ0v) is 11.7. The summed E-state index contributed by atoms with van der Waals surface area (Å²) in [5.74, 6) is -0.876. The van der Waals surface area contributed by atoms with Crippen molar-refractivity contribution in [3.63, 3.8) is 0 Å². The van der Waals surface area contributed by atoms with Gasteiger partial charge in [-0.05, 0) is 31.0 Å². The molecule has 1 aromatic carbocycles. The lowest BCUT2D eigenvalue weighted by atomic mass is 9.98. The van der Waals surface area contributed by atoms with Gasteiger partial charge in [0.2, 0.25) is 0 Å². The second-order valence-corrected chi connectivity index (χ2v) is 5.13. The van der Waals surface area contributed by atoms with E-state index in [2.05, 4.69) is 0 Å². The summed E-state index contributed by atoms with van der Waals surface area (Å²) in [6, 6.07) is 2.46. The van der Waals surface area contributed by atoms with Gasteiger partial charge in [0.15, 0.2) is 0 Å². The van der Waals surface area contributed by atoms with Crippen LogP contribution in [0.1, 0.15) is 18.4 Å². The minimum absolute atomic E-state index is 0.0484. The Morgan fingerprint density at radius 3 is 2.62 bits per heavy atom. The van der Waals surface area contributed by atoms with Gasteiger partial charge >= 0.3 is 6.18 Å². The van der Waals surface area contributed by atoms with E-state index in [1.54, 1.807) is 12.0 Å². The van der Waals surface area contributed by atoms with Crippen LogP contribution in [0.15, 0.2) is 18.2 Å². The molecule has 0 radical (unpaired) electrons. The first-order valence-corrected chi connectivity index (χ1v) is 6.73. The fourth-order valence-corrected chi connectivity index (χ4v) is 2.69. The summed E-state index contributed by atoms with van der Waals surface area (Å²) in [6.07, 6.45) is -3.18. The molecular formula is C14H18F4N2O. The van der Waals surface area contributed by atoms with Crippen LogP contribution < -0.4 is 10.6 Å². The number of alkyl halides is 3. The standard InChI is InChI=1S/C14H18F4N2O/c1-21-11-4-5-20(10(7-11)8-19)13-3-2-9(6-12(13)15)14(16,17)18/h2-3,6,10-11H,4-5,7-8,19H2,1H3. The number of halogens is 4. The first-order chi connectivity index (χ1) is 9.86. The molecule has 2 N–H and O–H groups in total. The van der Waals surface area contributed by atoms with Crippen molar-refractivity contribution < 1.29 is 22.3 Å². The zero-order chi connectivity index (χ0) is 15.6. The predicted molar refractivity (Wildman–Crippen MR) is 71.6 cm³/mol. The second kappa shape index (κ2) is 6.19. The van der Waals surface area contributed by atoms with Crippen LogP contribution in [-0.2, 0) is 10.9 Å². The third kappa shape index (κ3) is 3.47. The Morgan fingerprint density at radius 2 is 2.10 bits per heavy atom. The van der Waals surface area contributed by atoms with Gasteiger partial charge in [0.05, 0.1) is 17.4 Å². The van der Waals surface area contributed by atoms with E-state index in [0.717, 1.165) is 6.07 Å². The molecule has 1 aliphatic rings. The van der Waals surface area contributed by atoms with Crippen LogP contribution in [0.3, 0.4) is 0 Å². The minimum Gasteiger partial charge on any atom is -0.381 e. The maximum atomic E-state index is 14.0. The number of hydrogen-bond donors (Lipinski definition) is 1. The average molecular weight is 306 g/mol. The summed E-state index contributed by atoms with van der Waals surface area (Å²) < 4.78 is 57.0. The molecule has 1 aliphatic heterocycles. The molecular weight excluding hydrogens is 288 g/mol. The third-order valence-corrected chi connectivity index (χ3v) is 3.86. The molecule has 118 valence electrons. The van der Waals surface area contributed by atoms with E-state index >= 15 is 0 Å². The number of benzene rings is 1. The lowest BCUT2D eigenvalue weighted by Gasteiger charge is -2.40. The molecule has 21 heavy (non-hydrogen) atoms. The molecule has 1 saturated heterocycles. The van der Waals surface area contributed by atoms with Gasteiger partial charge in [0, 0.05) is 26.2 Å².